The number of methoxy groups -OCH3 is 1. The normalized spacial score (nSPS) is 12.1. The van der Waals surface area contributed by atoms with Gasteiger partial charge in [-0.3, -0.25) is 4.79 Å². The number of esters is 1. The molecule has 0 aliphatic carbocycles. The smallest absolute Gasteiger partial charge is 0.339 e. The van der Waals surface area contributed by atoms with Crippen LogP contribution in [0.4, 0.5) is 0 Å². The minimum atomic E-state index is -0.458. The number of aryl methyl sites for hydroxylation is 4. The predicted octanol–water partition coefficient (Wildman–Crippen LogP) is 4.28. The Labute approximate surface area is 161 Å². The van der Waals surface area contributed by atoms with Crippen molar-refractivity contribution in [2.75, 3.05) is 20.3 Å². The van der Waals surface area contributed by atoms with E-state index in [0.717, 1.165) is 28.1 Å². The van der Waals surface area contributed by atoms with E-state index >= 15 is 0 Å². The second-order valence-corrected chi connectivity index (χ2v) is 7.23. The number of rotatable bonds is 7. The SMILES string of the molecule is COC[C@@H](C)n1c(C)cc(C(=O)COC(=O)c2c(C)cc(C)cc2C)c1C. The van der Waals surface area contributed by atoms with Crippen molar-refractivity contribution in [2.24, 2.45) is 0 Å². The van der Waals surface area contributed by atoms with Crippen LogP contribution >= 0.6 is 0 Å². The lowest BCUT2D eigenvalue weighted by Crippen LogP contribution is -2.18. The molecule has 27 heavy (non-hydrogen) atoms. The molecule has 1 aromatic carbocycles. The highest BCUT2D eigenvalue weighted by atomic mass is 16.5. The van der Waals surface area contributed by atoms with Crippen molar-refractivity contribution in [3.8, 4) is 0 Å². The molecule has 0 saturated heterocycles. The Morgan fingerprint density at radius 1 is 1.04 bits per heavy atom. The Bertz CT molecular complexity index is 840. The molecule has 5 heteroatoms. The van der Waals surface area contributed by atoms with Gasteiger partial charge in [0.15, 0.2) is 6.61 Å². The maximum atomic E-state index is 12.6. The largest absolute Gasteiger partial charge is 0.454 e. The number of benzene rings is 1. The van der Waals surface area contributed by atoms with E-state index in [1.807, 2.05) is 59.7 Å². The standard InChI is InChI=1S/C22H29NO4/c1-13-8-14(2)21(15(3)9-13)22(25)27-12-20(24)19-10-16(4)23(18(19)6)17(5)11-26-7/h8-10,17H,11-12H2,1-7H3/t17-/m1/s1. The van der Waals surface area contributed by atoms with Gasteiger partial charge in [-0.15, -0.1) is 0 Å². The van der Waals surface area contributed by atoms with Crippen LogP contribution < -0.4 is 0 Å². The lowest BCUT2D eigenvalue weighted by molar-refractivity contribution is 0.0473. The first-order valence-electron chi connectivity index (χ1n) is 9.12. The monoisotopic (exact) mass is 371 g/mol. The third kappa shape index (κ3) is 4.48. The summed E-state index contributed by atoms with van der Waals surface area (Å²) in [5.74, 6) is -0.658. The number of ether oxygens (including phenoxy) is 2. The number of hydrogen-bond acceptors (Lipinski definition) is 4. The zero-order valence-electron chi connectivity index (χ0n) is 17.3. The zero-order valence-corrected chi connectivity index (χ0v) is 17.3. The maximum absolute atomic E-state index is 12.6. The minimum absolute atomic E-state index is 0.122. The molecule has 1 heterocycles. The number of carbonyl (C=O) groups excluding carboxylic acids is 2. The van der Waals surface area contributed by atoms with Crippen molar-refractivity contribution in [1.82, 2.24) is 4.57 Å². The van der Waals surface area contributed by atoms with E-state index in [4.69, 9.17) is 9.47 Å². The maximum Gasteiger partial charge on any atom is 0.339 e. The van der Waals surface area contributed by atoms with E-state index in [1.54, 1.807) is 7.11 Å². The van der Waals surface area contributed by atoms with Crippen LogP contribution in [0, 0.1) is 34.6 Å². The Kier molecular flexibility index (Phi) is 6.60. The van der Waals surface area contributed by atoms with Gasteiger partial charge >= 0.3 is 5.97 Å². The molecular formula is C22H29NO4. The Hall–Kier alpha value is -2.40. The summed E-state index contributed by atoms with van der Waals surface area (Å²) in [6, 6.07) is 5.85. The summed E-state index contributed by atoms with van der Waals surface area (Å²) < 4.78 is 12.6. The van der Waals surface area contributed by atoms with E-state index in [2.05, 4.69) is 4.57 Å². The van der Waals surface area contributed by atoms with Crippen molar-refractivity contribution < 1.29 is 19.1 Å². The van der Waals surface area contributed by atoms with Gasteiger partial charge in [0.25, 0.3) is 0 Å². The fourth-order valence-corrected chi connectivity index (χ4v) is 3.84. The Balaban J connectivity index is 2.15. The first kappa shape index (κ1) is 20.9. The van der Waals surface area contributed by atoms with Gasteiger partial charge in [-0.2, -0.15) is 0 Å². The molecule has 0 spiro atoms. The van der Waals surface area contributed by atoms with Crippen molar-refractivity contribution >= 4 is 11.8 Å². The van der Waals surface area contributed by atoms with Gasteiger partial charge in [-0.05, 0) is 58.7 Å². The summed E-state index contributed by atoms with van der Waals surface area (Å²) in [6.07, 6.45) is 0. The lowest BCUT2D eigenvalue weighted by Gasteiger charge is -2.17. The highest BCUT2D eigenvalue weighted by Crippen LogP contribution is 2.22. The first-order chi connectivity index (χ1) is 12.7. The Morgan fingerprint density at radius 2 is 1.63 bits per heavy atom. The molecule has 2 rings (SSSR count). The van der Waals surface area contributed by atoms with E-state index in [0.29, 0.717) is 17.7 Å². The number of ketones is 1. The fraction of sp³-hybridized carbons (Fsp3) is 0.455. The third-order valence-electron chi connectivity index (χ3n) is 4.85. The highest BCUT2D eigenvalue weighted by molar-refractivity contribution is 6.01. The van der Waals surface area contributed by atoms with Crippen LogP contribution in [0.2, 0.25) is 0 Å². The van der Waals surface area contributed by atoms with Crippen LogP contribution in [0.15, 0.2) is 18.2 Å². The molecule has 0 aliphatic heterocycles. The summed E-state index contributed by atoms with van der Waals surface area (Å²) in [7, 11) is 1.66. The van der Waals surface area contributed by atoms with Crippen LogP contribution in [-0.4, -0.2) is 36.6 Å². The van der Waals surface area contributed by atoms with Crippen molar-refractivity contribution in [1.29, 1.82) is 0 Å². The average Bonchev–Trinajstić information content (AvgIpc) is 2.86. The molecule has 0 bridgehead atoms. The predicted molar refractivity (Wildman–Crippen MR) is 106 cm³/mol. The topological polar surface area (TPSA) is 57.5 Å². The minimum Gasteiger partial charge on any atom is -0.454 e. The molecule has 0 amide bonds. The number of nitrogens with zero attached hydrogens (tertiary/aromatic N) is 1. The molecule has 5 nitrogen and oxygen atoms in total. The molecular weight excluding hydrogens is 342 g/mol. The quantitative estimate of drug-likeness (QED) is 0.538. The molecule has 1 aromatic heterocycles. The number of hydrogen-bond donors (Lipinski definition) is 0. The molecule has 0 saturated carbocycles. The molecule has 0 aliphatic rings. The van der Waals surface area contributed by atoms with E-state index in [9.17, 15) is 9.59 Å². The van der Waals surface area contributed by atoms with Crippen LogP contribution in [0.5, 0.6) is 0 Å². The van der Waals surface area contributed by atoms with Gasteiger partial charge < -0.3 is 14.0 Å². The Morgan fingerprint density at radius 3 is 2.19 bits per heavy atom. The summed E-state index contributed by atoms with van der Waals surface area (Å²) >= 11 is 0. The number of Topliss-reactive ketones (excluding diaryl/α,β-unsaturated/α-hetero) is 1. The van der Waals surface area contributed by atoms with Crippen LogP contribution in [0.25, 0.3) is 0 Å². The molecule has 146 valence electrons. The van der Waals surface area contributed by atoms with Crippen LogP contribution in [-0.2, 0) is 9.47 Å². The van der Waals surface area contributed by atoms with Crippen molar-refractivity contribution in [3.63, 3.8) is 0 Å². The molecule has 0 N–H and O–H groups in total. The van der Waals surface area contributed by atoms with Gasteiger partial charge in [-0.25, -0.2) is 4.79 Å². The summed E-state index contributed by atoms with van der Waals surface area (Å²) in [4.78, 5) is 25.1. The second kappa shape index (κ2) is 8.53. The number of aromatic nitrogens is 1. The molecule has 0 unspecified atom stereocenters. The molecule has 0 fully saturated rings. The van der Waals surface area contributed by atoms with Gasteiger partial charge in [-0.1, -0.05) is 17.7 Å². The fourth-order valence-electron chi connectivity index (χ4n) is 3.84. The van der Waals surface area contributed by atoms with Crippen LogP contribution in [0.3, 0.4) is 0 Å². The van der Waals surface area contributed by atoms with Crippen molar-refractivity contribution in [2.45, 2.75) is 47.6 Å². The van der Waals surface area contributed by atoms with Crippen LogP contribution in [0.1, 0.15) is 61.8 Å². The van der Waals surface area contributed by atoms with Gasteiger partial charge in [0.1, 0.15) is 0 Å². The first-order valence-corrected chi connectivity index (χ1v) is 9.12. The highest BCUT2D eigenvalue weighted by Gasteiger charge is 2.21. The summed E-state index contributed by atoms with van der Waals surface area (Å²) in [5.41, 5.74) is 5.77. The lowest BCUT2D eigenvalue weighted by atomic mass is 10.00. The van der Waals surface area contributed by atoms with E-state index in [-0.39, 0.29) is 18.4 Å². The molecule has 1 atom stereocenters. The van der Waals surface area contributed by atoms with E-state index < -0.39 is 5.97 Å². The number of carbonyl (C=O) groups is 2. The second-order valence-electron chi connectivity index (χ2n) is 7.23. The van der Waals surface area contributed by atoms with Gasteiger partial charge in [0.05, 0.1) is 18.2 Å². The average molecular weight is 371 g/mol. The van der Waals surface area contributed by atoms with E-state index in [1.165, 1.54) is 0 Å². The van der Waals surface area contributed by atoms with Gasteiger partial charge in [0, 0.05) is 24.1 Å². The van der Waals surface area contributed by atoms with Gasteiger partial charge in [0.2, 0.25) is 5.78 Å². The summed E-state index contributed by atoms with van der Waals surface area (Å²) in [6.45, 7) is 11.9. The molecule has 0 radical (unpaired) electrons. The molecule has 2 aromatic rings. The summed E-state index contributed by atoms with van der Waals surface area (Å²) in [5, 5.41) is 0. The van der Waals surface area contributed by atoms with Crippen molar-refractivity contribution in [3.05, 3.63) is 57.4 Å². The third-order valence-corrected chi connectivity index (χ3v) is 4.85. The zero-order chi connectivity index (χ0) is 20.3.